The fourth-order valence-electron chi connectivity index (χ4n) is 3.17. The largest absolute Gasteiger partial charge is 0.379 e. The fourth-order valence-corrected chi connectivity index (χ4v) is 4.21. The SMILES string of the molecule is CC(=O)c1ccc(S(=O)(=O)NC[C@@H](c2ccc(F)cc2)N2CCOCC2)cc1. The lowest BCUT2D eigenvalue weighted by Crippen LogP contribution is -2.43. The number of ketones is 1. The quantitative estimate of drug-likeness (QED) is 0.715. The topological polar surface area (TPSA) is 75.7 Å². The molecule has 1 fully saturated rings. The normalized spacial score (nSPS) is 16.6. The molecular weight excluding hydrogens is 383 g/mol. The highest BCUT2D eigenvalue weighted by Crippen LogP contribution is 2.22. The Morgan fingerprint density at radius 3 is 2.29 bits per heavy atom. The number of sulfonamides is 1. The number of nitrogens with one attached hydrogen (secondary N) is 1. The number of benzene rings is 2. The van der Waals surface area contributed by atoms with Crippen molar-refractivity contribution in [1.82, 2.24) is 9.62 Å². The van der Waals surface area contributed by atoms with E-state index in [1.54, 1.807) is 12.1 Å². The number of carbonyl (C=O) groups excluding carboxylic acids is 1. The van der Waals surface area contributed by atoms with Crippen LogP contribution in [0, 0.1) is 5.82 Å². The monoisotopic (exact) mass is 406 g/mol. The smallest absolute Gasteiger partial charge is 0.240 e. The molecule has 0 radical (unpaired) electrons. The number of halogens is 1. The van der Waals surface area contributed by atoms with Crippen LogP contribution in [0.3, 0.4) is 0 Å². The molecule has 0 unspecified atom stereocenters. The van der Waals surface area contributed by atoms with Crippen molar-refractivity contribution >= 4 is 15.8 Å². The highest BCUT2D eigenvalue weighted by Gasteiger charge is 2.25. The molecule has 1 aliphatic heterocycles. The third kappa shape index (κ3) is 5.02. The summed E-state index contributed by atoms with van der Waals surface area (Å²) in [7, 11) is -3.75. The standard InChI is InChI=1S/C20H23FN2O4S/c1-15(24)16-4-8-19(9-5-16)28(25,26)22-14-20(23-10-12-27-13-11-23)17-2-6-18(21)7-3-17/h2-9,20,22H,10-14H2,1H3/t20-/m0/s1. The molecular formula is C20H23FN2O4S. The predicted octanol–water partition coefficient (Wildman–Crippen LogP) is 2.38. The van der Waals surface area contributed by atoms with Crippen LogP contribution >= 0.6 is 0 Å². The number of ether oxygens (including phenoxy) is 1. The van der Waals surface area contributed by atoms with Crippen LogP contribution in [0.15, 0.2) is 53.4 Å². The van der Waals surface area contributed by atoms with Crippen LogP contribution in [0.2, 0.25) is 0 Å². The van der Waals surface area contributed by atoms with E-state index in [4.69, 9.17) is 4.74 Å². The zero-order valence-corrected chi connectivity index (χ0v) is 16.4. The van der Waals surface area contributed by atoms with Crippen molar-refractivity contribution in [3.63, 3.8) is 0 Å². The van der Waals surface area contributed by atoms with Gasteiger partial charge in [0, 0.05) is 31.2 Å². The van der Waals surface area contributed by atoms with Crippen LogP contribution in [0.1, 0.15) is 28.9 Å². The minimum atomic E-state index is -3.75. The van der Waals surface area contributed by atoms with Gasteiger partial charge in [0.1, 0.15) is 5.82 Å². The van der Waals surface area contributed by atoms with Gasteiger partial charge in [0.05, 0.1) is 18.1 Å². The molecule has 0 saturated carbocycles. The molecule has 1 saturated heterocycles. The van der Waals surface area contributed by atoms with E-state index < -0.39 is 10.0 Å². The summed E-state index contributed by atoms with van der Waals surface area (Å²) in [4.78, 5) is 13.6. The van der Waals surface area contributed by atoms with Crippen molar-refractivity contribution in [2.75, 3.05) is 32.8 Å². The summed E-state index contributed by atoms with van der Waals surface area (Å²) in [6.07, 6.45) is 0. The maximum absolute atomic E-state index is 13.3. The van der Waals surface area contributed by atoms with Crippen LogP contribution in [0.4, 0.5) is 4.39 Å². The van der Waals surface area contributed by atoms with Gasteiger partial charge >= 0.3 is 0 Å². The number of Topliss-reactive ketones (excluding diaryl/α,β-unsaturated/α-hetero) is 1. The van der Waals surface area contributed by atoms with Crippen LogP contribution < -0.4 is 4.72 Å². The van der Waals surface area contributed by atoms with E-state index in [2.05, 4.69) is 9.62 Å². The molecule has 28 heavy (non-hydrogen) atoms. The van der Waals surface area contributed by atoms with Gasteiger partial charge in [0.25, 0.3) is 0 Å². The van der Waals surface area contributed by atoms with Crippen LogP contribution in [0.25, 0.3) is 0 Å². The summed E-state index contributed by atoms with van der Waals surface area (Å²) < 4.78 is 46.7. The predicted molar refractivity (Wildman–Crippen MR) is 103 cm³/mol. The number of carbonyl (C=O) groups is 1. The zero-order valence-electron chi connectivity index (χ0n) is 15.6. The third-order valence-corrected chi connectivity index (χ3v) is 6.22. The maximum atomic E-state index is 13.3. The summed E-state index contributed by atoms with van der Waals surface area (Å²) in [5.74, 6) is -0.462. The van der Waals surface area contributed by atoms with Gasteiger partial charge < -0.3 is 4.74 Å². The van der Waals surface area contributed by atoms with Gasteiger partial charge in [-0.3, -0.25) is 9.69 Å². The maximum Gasteiger partial charge on any atom is 0.240 e. The first-order chi connectivity index (χ1) is 13.4. The summed E-state index contributed by atoms with van der Waals surface area (Å²) in [5.41, 5.74) is 1.29. The summed E-state index contributed by atoms with van der Waals surface area (Å²) in [6.45, 7) is 4.03. The minimum absolute atomic E-state index is 0.0948. The highest BCUT2D eigenvalue weighted by atomic mass is 32.2. The lowest BCUT2D eigenvalue weighted by molar-refractivity contribution is 0.0172. The number of rotatable bonds is 7. The average molecular weight is 406 g/mol. The lowest BCUT2D eigenvalue weighted by atomic mass is 10.0. The first kappa shape index (κ1) is 20.6. The van der Waals surface area contributed by atoms with Gasteiger partial charge in [-0.25, -0.2) is 17.5 Å². The van der Waals surface area contributed by atoms with Crippen LogP contribution in [0.5, 0.6) is 0 Å². The number of nitrogens with zero attached hydrogens (tertiary/aromatic N) is 1. The second-order valence-electron chi connectivity index (χ2n) is 6.65. The number of morpholine rings is 1. The molecule has 0 amide bonds. The Kier molecular flexibility index (Phi) is 6.56. The minimum Gasteiger partial charge on any atom is -0.379 e. The molecule has 1 atom stereocenters. The van der Waals surface area contributed by atoms with Gasteiger partial charge in [-0.2, -0.15) is 0 Å². The molecule has 0 aromatic heterocycles. The zero-order chi connectivity index (χ0) is 20.1. The van der Waals surface area contributed by atoms with Gasteiger partial charge in [-0.05, 0) is 36.8 Å². The Morgan fingerprint density at radius 2 is 1.71 bits per heavy atom. The number of hydrogen-bond acceptors (Lipinski definition) is 5. The van der Waals surface area contributed by atoms with Crippen molar-refractivity contribution in [2.45, 2.75) is 17.9 Å². The molecule has 150 valence electrons. The van der Waals surface area contributed by atoms with Gasteiger partial charge in [0.2, 0.25) is 10.0 Å². The van der Waals surface area contributed by atoms with Crippen LogP contribution in [-0.2, 0) is 14.8 Å². The van der Waals surface area contributed by atoms with E-state index in [0.717, 1.165) is 5.56 Å². The second-order valence-corrected chi connectivity index (χ2v) is 8.42. The molecule has 8 heteroatoms. The van der Waals surface area contributed by atoms with Crippen molar-refractivity contribution < 1.29 is 22.3 Å². The Balaban J connectivity index is 1.78. The summed E-state index contributed by atoms with van der Waals surface area (Å²) in [5, 5.41) is 0. The molecule has 0 bridgehead atoms. The van der Waals surface area contributed by atoms with Crippen molar-refractivity contribution in [2.24, 2.45) is 0 Å². The third-order valence-electron chi connectivity index (χ3n) is 4.78. The Bertz CT molecular complexity index is 908. The van der Waals surface area contributed by atoms with Crippen molar-refractivity contribution in [3.05, 3.63) is 65.5 Å². The van der Waals surface area contributed by atoms with E-state index in [1.807, 2.05) is 0 Å². The Morgan fingerprint density at radius 1 is 1.11 bits per heavy atom. The first-order valence-corrected chi connectivity index (χ1v) is 10.5. The van der Waals surface area contributed by atoms with Crippen molar-refractivity contribution in [1.29, 1.82) is 0 Å². The molecule has 1 aliphatic rings. The fraction of sp³-hybridized carbons (Fsp3) is 0.350. The van der Waals surface area contributed by atoms with E-state index >= 15 is 0 Å². The van der Waals surface area contributed by atoms with Gasteiger partial charge in [-0.15, -0.1) is 0 Å². The van der Waals surface area contributed by atoms with Gasteiger partial charge in [-0.1, -0.05) is 24.3 Å². The van der Waals surface area contributed by atoms with Gasteiger partial charge in [0.15, 0.2) is 5.78 Å². The van der Waals surface area contributed by atoms with E-state index in [1.165, 1.54) is 43.3 Å². The average Bonchev–Trinajstić information content (AvgIpc) is 2.70. The molecule has 0 aliphatic carbocycles. The van der Waals surface area contributed by atoms with Crippen LogP contribution in [-0.4, -0.2) is 51.9 Å². The second kappa shape index (κ2) is 8.91. The molecule has 0 spiro atoms. The molecule has 1 N–H and O–H groups in total. The molecule has 1 heterocycles. The molecule has 6 nitrogen and oxygen atoms in total. The summed E-state index contributed by atoms with van der Waals surface area (Å²) >= 11 is 0. The Hall–Kier alpha value is -2.13. The molecule has 3 rings (SSSR count). The lowest BCUT2D eigenvalue weighted by Gasteiger charge is -2.34. The van der Waals surface area contributed by atoms with Crippen molar-refractivity contribution in [3.8, 4) is 0 Å². The first-order valence-electron chi connectivity index (χ1n) is 9.05. The van der Waals surface area contributed by atoms with E-state index in [9.17, 15) is 17.6 Å². The highest BCUT2D eigenvalue weighted by molar-refractivity contribution is 7.89. The Labute approximate surface area is 164 Å². The summed E-state index contributed by atoms with van der Waals surface area (Å²) in [6, 6.07) is 11.7. The van der Waals surface area contributed by atoms with E-state index in [-0.39, 0.29) is 29.1 Å². The number of hydrogen-bond donors (Lipinski definition) is 1. The van der Waals surface area contributed by atoms with E-state index in [0.29, 0.717) is 31.9 Å². The molecule has 2 aromatic rings. The molecule has 2 aromatic carbocycles.